The molecule has 1 N–H and O–H groups in total. The average molecular weight is 304 g/mol. The number of nitrogens with one attached hydrogen (secondary N) is 1. The van der Waals surface area contributed by atoms with Crippen molar-refractivity contribution in [3.8, 4) is 0 Å². The minimum atomic E-state index is -0.686. The van der Waals surface area contributed by atoms with Gasteiger partial charge in [-0.3, -0.25) is 19.1 Å². The second-order valence-electron chi connectivity index (χ2n) is 5.92. The summed E-state index contributed by atoms with van der Waals surface area (Å²) in [6.45, 7) is 3.01. The Morgan fingerprint density at radius 3 is 3.09 bits per heavy atom. The van der Waals surface area contributed by atoms with E-state index in [0.29, 0.717) is 12.4 Å². The summed E-state index contributed by atoms with van der Waals surface area (Å²) < 4.78 is 12.5. The Hall–Kier alpha value is -2.19. The van der Waals surface area contributed by atoms with Crippen molar-refractivity contribution in [3.63, 3.8) is 0 Å². The fraction of sp³-hybridized carbons (Fsp3) is 0.500. The molecule has 8 heteroatoms. The normalized spacial score (nSPS) is 24.7. The van der Waals surface area contributed by atoms with Crippen LogP contribution in [0.25, 0.3) is 0 Å². The topological polar surface area (TPSA) is 93.4 Å². The summed E-state index contributed by atoms with van der Waals surface area (Å²) in [7, 11) is 0. The average Bonchev–Trinajstić information content (AvgIpc) is 3.15. The molecule has 0 unspecified atom stereocenters. The number of aromatic amines is 1. The molecule has 2 aromatic heterocycles. The summed E-state index contributed by atoms with van der Waals surface area (Å²) >= 11 is 0. The monoisotopic (exact) mass is 304 g/mol. The number of aromatic nitrogens is 3. The van der Waals surface area contributed by atoms with Crippen molar-refractivity contribution in [1.29, 1.82) is 0 Å². The van der Waals surface area contributed by atoms with Crippen LogP contribution in [-0.4, -0.2) is 38.4 Å². The van der Waals surface area contributed by atoms with E-state index in [9.17, 15) is 9.59 Å². The van der Waals surface area contributed by atoms with Gasteiger partial charge in [0.1, 0.15) is 12.2 Å². The second-order valence-corrected chi connectivity index (χ2v) is 5.92. The Morgan fingerprint density at radius 2 is 2.27 bits per heavy atom. The first-order valence-corrected chi connectivity index (χ1v) is 7.21. The van der Waals surface area contributed by atoms with Gasteiger partial charge >= 0.3 is 11.1 Å². The van der Waals surface area contributed by atoms with Gasteiger partial charge in [-0.15, -0.1) is 0 Å². The van der Waals surface area contributed by atoms with Crippen molar-refractivity contribution in [3.05, 3.63) is 50.7 Å². The third kappa shape index (κ3) is 2.20. The SMILES string of the molecule is O=c1[nH]nc2n(c1=O)C[C@]1(CCN(Cc3ccoc3)C1)OC2. The Bertz CT molecular complexity index is 794. The van der Waals surface area contributed by atoms with Crippen LogP contribution in [-0.2, 0) is 24.4 Å². The smallest absolute Gasteiger partial charge is 0.330 e. The first-order valence-electron chi connectivity index (χ1n) is 7.21. The Balaban J connectivity index is 1.55. The summed E-state index contributed by atoms with van der Waals surface area (Å²) in [5.74, 6) is 0.475. The molecule has 0 bridgehead atoms. The molecule has 4 heterocycles. The molecular weight excluding hydrogens is 288 g/mol. The van der Waals surface area contributed by atoms with Crippen LogP contribution in [0.3, 0.4) is 0 Å². The van der Waals surface area contributed by atoms with E-state index in [1.165, 1.54) is 4.57 Å². The van der Waals surface area contributed by atoms with Crippen LogP contribution in [0.15, 0.2) is 32.6 Å². The molecule has 2 aromatic rings. The second kappa shape index (κ2) is 4.92. The zero-order valence-electron chi connectivity index (χ0n) is 11.9. The van der Waals surface area contributed by atoms with Gasteiger partial charge in [0.15, 0.2) is 5.82 Å². The van der Waals surface area contributed by atoms with E-state index in [2.05, 4.69) is 15.1 Å². The number of furan rings is 1. The Morgan fingerprint density at radius 1 is 1.36 bits per heavy atom. The molecule has 8 nitrogen and oxygen atoms in total. The molecule has 0 saturated carbocycles. The maximum Gasteiger partial charge on any atom is 0.330 e. The van der Waals surface area contributed by atoms with E-state index >= 15 is 0 Å². The lowest BCUT2D eigenvalue weighted by atomic mass is 10.0. The first kappa shape index (κ1) is 13.5. The van der Waals surface area contributed by atoms with Gasteiger partial charge in [0.2, 0.25) is 0 Å². The van der Waals surface area contributed by atoms with Crippen LogP contribution >= 0.6 is 0 Å². The third-order valence-corrected chi connectivity index (χ3v) is 4.37. The van der Waals surface area contributed by atoms with E-state index < -0.39 is 16.7 Å². The van der Waals surface area contributed by atoms with Crippen molar-refractivity contribution in [1.82, 2.24) is 19.7 Å². The summed E-state index contributed by atoms with van der Waals surface area (Å²) in [5.41, 5.74) is -0.547. The van der Waals surface area contributed by atoms with E-state index in [0.717, 1.165) is 31.6 Å². The number of likely N-dealkylation sites (tertiary alicyclic amines) is 1. The molecule has 0 aromatic carbocycles. The predicted octanol–water partition coefficient (Wildman–Crippen LogP) is -0.300. The highest BCUT2D eigenvalue weighted by molar-refractivity contribution is 5.07. The zero-order chi connectivity index (χ0) is 15.2. The Labute approximate surface area is 125 Å². The molecule has 4 rings (SSSR count). The van der Waals surface area contributed by atoms with Crippen LogP contribution in [0.1, 0.15) is 17.8 Å². The number of nitrogens with zero attached hydrogens (tertiary/aromatic N) is 3. The standard InChI is InChI=1S/C14H16N4O4/c19-12-13(20)18-9-14(22-7-11(18)15-16-12)2-3-17(8-14)5-10-1-4-21-6-10/h1,4,6H,2-3,5,7-9H2,(H,16,19)/t14-/m1/s1. The highest BCUT2D eigenvalue weighted by Crippen LogP contribution is 2.31. The van der Waals surface area contributed by atoms with E-state index in [-0.39, 0.29) is 6.61 Å². The molecule has 1 fully saturated rings. The van der Waals surface area contributed by atoms with Gasteiger partial charge < -0.3 is 9.15 Å². The predicted molar refractivity (Wildman–Crippen MR) is 75.2 cm³/mol. The number of H-pyrrole nitrogens is 1. The maximum atomic E-state index is 12.0. The van der Waals surface area contributed by atoms with Gasteiger partial charge in [-0.1, -0.05) is 0 Å². The summed E-state index contributed by atoms with van der Waals surface area (Å²) in [6.07, 6.45) is 4.21. The van der Waals surface area contributed by atoms with E-state index in [4.69, 9.17) is 9.15 Å². The number of hydrogen-bond acceptors (Lipinski definition) is 6. The minimum Gasteiger partial charge on any atom is -0.472 e. The van der Waals surface area contributed by atoms with E-state index in [1.54, 1.807) is 12.5 Å². The summed E-state index contributed by atoms with van der Waals surface area (Å²) in [4.78, 5) is 25.7. The van der Waals surface area contributed by atoms with Crippen molar-refractivity contribution >= 4 is 0 Å². The maximum absolute atomic E-state index is 12.0. The van der Waals surface area contributed by atoms with Crippen LogP contribution in [0.4, 0.5) is 0 Å². The minimum absolute atomic E-state index is 0.242. The zero-order valence-corrected chi connectivity index (χ0v) is 11.9. The van der Waals surface area contributed by atoms with Gasteiger partial charge in [-0.2, -0.15) is 5.10 Å². The fourth-order valence-corrected chi connectivity index (χ4v) is 3.24. The number of ether oxygens (including phenoxy) is 1. The molecule has 0 radical (unpaired) electrons. The lowest BCUT2D eigenvalue weighted by Gasteiger charge is -2.34. The first-order chi connectivity index (χ1) is 10.7. The van der Waals surface area contributed by atoms with E-state index in [1.807, 2.05) is 6.07 Å². The molecule has 0 amide bonds. The number of fused-ring (bicyclic) bond motifs is 1. The van der Waals surface area contributed by atoms with Crippen molar-refractivity contribution in [2.45, 2.75) is 31.7 Å². The molecule has 116 valence electrons. The molecule has 1 spiro atoms. The number of rotatable bonds is 2. The van der Waals surface area contributed by atoms with Gasteiger partial charge in [-0.25, -0.2) is 5.10 Å². The largest absolute Gasteiger partial charge is 0.472 e. The molecule has 1 atom stereocenters. The number of hydrogen-bond donors (Lipinski definition) is 1. The molecular formula is C14H16N4O4. The van der Waals surface area contributed by atoms with Crippen LogP contribution in [0.2, 0.25) is 0 Å². The lowest BCUT2D eigenvalue weighted by Crippen LogP contribution is -2.51. The molecule has 0 aliphatic carbocycles. The van der Waals surface area contributed by atoms with Gasteiger partial charge in [0.25, 0.3) is 0 Å². The van der Waals surface area contributed by atoms with Gasteiger partial charge in [0.05, 0.1) is 19.1 Å². The van der Waals surface area contributed by atoms with Crippen LogP contribution in [0, 0.1) is 0 Å². The van der Waals surface area contributed by atoms with Crippen molar-refractivity contribution in [2.24, 2.45) is 0 Å². The highest BCUT2D eigenvalue weighted by Gasteiger charge is 2.43. The third-order valence-electron chi connectivity index (χ3n) is 4.37. The van der Waals surface area contributed by atoms with Gasteiger partial charge in [0, 0.05) is 25.2 Å². The highest BCUT2D eigenvalue weighted by atomic mass is 16.5. The molecule has 2 aliphatic rings. The molecule has 2 aliphatic heterocycles. The Kier molecular flexibility index (Phi) is 3.02. The summed E-state index contributed by atoms with van der Waals surface area (Å²) in [6, 6.07) is 1.94. The molecule has 22 heavy (non-hydrogen) atoms. The van der Waals surface area contributed by atoms with Crippen molar-refractivity contribution < 1.29 is 9.15 Å². The van der Waals surface area contributed by atoms with Crippen molar-refractivity contribution in [2.75, 3.05) is 13.1 Å². The van der Waals surface area contributed by atoms with Gasteiger partial charge in [-0.05, 0) is 12.5 Å². The molecule has 1 saturated heterocycles. The van der Waals surface area contributed by atoms with Crippen LogP contribution in [0.5, 0.6) is 0 Å². The lowest BCUT2D eigenvalue weighted by molar-refractivity contribution is -0.0853. The fourth-order valence-electron chi connectivity index (χ4n) is 3.24. The summed E-state index contributed by atoms with van der Waals surface area (Å²) in [5, 5.41) is 6.09. The van der Waals surface area contributed by atoms with Crippen LogP contribution < -0.4 is 11.1 Å². The quantitative estimate of drug-likeness (QED) is 0.766.